The normalized spacial score (nSPS) is 24.0. The molecule has 0 spiro atoms. The van der Waals surface area contributed by atoms with E-state index in [1.54, 1.807) is 13.2 Å². The summed E-state index contributed by atoms with van der Waals surface area (Å²) in [6, 6.07) is 11.9. The Balaban J connectivity index is 2.17. The van der Waals surface area contributed by atoms with E-state index in [-0.39, 0.29) is 11.7 Å². The van der Waals surface area contributed by atoms with E-state index in [1.165, 1.54) is 12.1 Å². The average Bonchev–Trinajstić information content (AvgIpc) is 2.66. The van der Waals surface area contributed by atoms with E-state index in [0.717, 1.165) is 30.4 Å². The van der Waals surface area contributed by atoms with Crippen LogP contribution < -0.4 is 4.74 Å². The standard InChI is InChI=1S/C23H27ClFNO2/c1-26(2)15-18-6-4-5-17(13-16-7-9-19(24)10-8-16)23(18,27)21-14-20(25)11-12-22(21)28-3/h7-14,18,27H,4-6,15H2,1-3H3. The molecule has 1 aliphatic rings. The Morgan fingerprint density at radius 1 is 1.25 bits per heavy atom. The second-order valence-electron chi connectivity index (χ2n) is 7.68. The van der Waals surface area contributed by atoms with E-state index in [2.05, 4.69) is 4.90 Å². The average molecular weight is 404 g/mol. The zero-order valence-corrected chi connectivity index (χ0v) is 17.3. The molecule has 150 valence electrons. The number of nitrogens with zero attached hydrogens (tertiary/aromatic N) is 1. The van der Waals surface area contributed by atoms with Gasteiger partial charge in [0.05, 0.1) is 7.11 Å². The SMILES string of the molecule is COc1ccc(F)cc1C1(O)C(=Cc2ccc(Cl)cc2)CCCC1CN(C)C. The highest BCUT2D eigenvalue weighted by Gasteiger charge is 2.46. The first-order valence-corrected chi connectivity index (χ1v) is 9.90. The molecule has 0 aromatic heterocycles. The minimum Gasteiger partial charge on any atom is -0.496 e. The molecule has 3 rings (SSSR count). The first-order chi connectivity index (χ1) is 13.3. The summed E-state index contributed by atoms with van der Waals surface area (Å²) < 4.78 is 19.7. The van der Waals surface area contributed by atoms with Gasteiger partial charge in [0.25, 0.3) is 0 Å². The summed E-state index contributed by atoms with van der Waals surface area (Å²) in [4.78, 5) is 2.06. The molecule has 1 fully saturated rings. The Hall–Kier alpha value is -1.88. The molecule has 0 heterocycles. The number of ether oxygens (including phenoxy) is 1. The number of hydrogen-bond donors (Lipinski definition) is 1. The molecular weight excluding hydrogens is 377 g/mol. The van der Waals surface area contributed by atoms with Crippen molar-refractivity contribution in [3.63, 3.8) is 0 Å². The van der Waals surface area contributed by atoms with Crippen LogP contribution in [-0.2, 0) is 5.60 Å². The lowest BCUT2D eigenvalue weighted by Gasteiger charge is -2.44. The molecule has 2 atom stereocenters. The van der Waals surface area contributed by atoms with Gasteiger partial charge < -0.3 is 14.7 Å². The predicted octanol–water partition coefficient (Wildman–Crippen LogP) is 5.12. The second kappa shape index (κ2) is 8.64. The fourth-order valence-electron chi connectivity index (χ4n) is 4.18. The van der Waals surface area contributed by atoms with Crippen molar-refractivity contribution >= 4 is 17.7 Å². The van der Waals surface area contributed by atoms with Gasteiger partial charge in [0.15, 0.2) is 0 Å². The molecule has 0 amide bonds. The Morgan fingerprint density at radius 2 is 1.96 bits per heavy atom. The Labute approximate surface area is 171 Å². The fraction of sp³-hybridized carbons (Fsp3) is 0.391. The summed E-state index contributed by atoms with van der Waals surface area (Å²) >= 11 is 6.01. The van der Waals surface area contributed by atoms with E-state index in [4.69, 9.17) is 16.3 Å². The number of aliphatic hydroxyl groups is 1. The highest BCUT2D eigenvalue weighted by Crippen LogP contribution is 2.49. The molecule has 2 aromatic carbocycles. The predicted molar refractivity (Wildman–Crippen MR) is 112 cm³/mol. The molecular formula is C23H27ClFNO2. The first kappa shape index (κ1) is 20.8. The number of methoxy groups -OCH3 is 1. The van der Waals surface area contributed by atoms with Gasteiger partial charge in [0.1, 0.15) is 17.2 Å². The van der Waals surface area contributed by atoms with Crippen molar-refractivity contribution < 1.29 is 14.2 Å². The monoisotopic (exact) mass is 403 g/mol. The first-order valence-electron chi connectivity index (χ1n) is 9.52. The Bertz CT molecular complexity index is 850. The van der Waals surface area contributed by atoms with Crippen molar-refractivity contribution in [1.82, 2.24) is 4.90 Å². The molecule has 28 heavy (non-hydrogen) atoms. The van der Waals surface area contributed by atoms with Crippen molar-refractivity contribution in [2.45, 2.75) is 24.9 Å². The maximum Gasteiger partial charge on any atom is 0.125 e. The largest absolute Gasteiger partial charge is 0.496 e. The van der Waals surface area contributed by atoms with Gasteiger partial charge in [0, 0.05) is 23.0 Å². The number of benzene rings is 2. The minimum absolute atomic E-state index is 0.0782. The van der Waals surface area contributed by atoms with Crippen LogP contribution in [0.25, 0.3) is 6.08 Å². The molecule has 3 nitrogen and oxygen atoms in total. The van der Waals surface area contributed by atoms with Crippen LogP contribution in [-0.4, -0.2) is 37.8 Å². The van der Waals surface area contributed by atoms with Gasteiger partial charge in [-0.2, -0.15) is 0 Å². The maximum atomic E-state index is 14.2. The topological polar surface area (TPSA) is 32.7 Å². The summed E-state index contributed by atoms with van der Waals surface area (Å²) in [5.74, 6) is 0.0336. The van der Waals surface area contributed by atoms with Crippen LogP contribution in [0.15, 0.2) is 48.0 Å². The second-order valence-corrected chi connectivity index (χ2v) is 8.12. The quantitative estimate of drug-likeness (QED) is 0.752. The van der Waals surface area contributed by atoms with E-state index in [1.807, 2.05) is 44.4 Å². The molecule has 1 aliphatic carbocycles. The molecule has 1 N–H and O–H groups in total. The molecule has 2 unspecified atom stereocenters. The van der Waals surface area contributed by atoms with Crippen LogP contribution in [0.2, 0.25) is 5.02 Å². The van der Waals surface area contributed by atoms with Gasteiger partial charge >= 0.3 is 0 Å². The summed E-state index contributed by atoms with van der Waals surface area (Å²) in [5, 5.41) is 12.8. The third-order valence-corrected chi connectivity index (χ3v) is 5.70. The highest BCUT2D eigenvalue weighted by atomic mass is 35.5. The van der Waals surface area contributed by atoms with Gasteiger partial charge in [-0.25, -0.2) is 4.39 Å². The van der Waals surface area contributed by atoms with Crippen LogP contribution in [0, 0.1) is 11.7 Å². The molecule has 2 aromatic rings. The summed E-state index contributed by atoms with van der Waals surface area (Å²) in [7, 11) is 5.52. The van der Waals surface area contributed by atoms with Crippen LogP contribution in [0.3, 0.4) is 0 Å². The van der Waals surface area contributed by atoms with Crippen molar-refractivity contribution in [1.29, 1.82) is 0 Å². The van der Waals surface area contributed by atoms with E-state index in [9.17, 15) is 9.50 Å². The van der Waals surface area contributed by atoms with Gasteiger partial charge in [-0.05, 0) is 74.8 Å². The van der Waals surface area contributed by atoms with Gasteiger partial charge in [-0.15, -0.1) is 0 Å². The summed E-state index contributed by atoms with van der Waals surface area (Å²) in [6.45, 7) is 0.689. The van der Waals surface area contributed by atoms with Crippen molar-refractivity contribution in [3.8, 4) is 5.75 Å². The van der Waals surface area contributed by atoms with Gasteiger partial charge in [0.2, 0.25) is 0 Å². The van der Waals surface area contributed by atoms with Crippen LogP contribution in [0.4, 0.5) is 4.39 Å². The molecule has 5 heteroatoms. The third-order valence-electron chi connectivity index (χ3n) is 5.45. The maximum absolute atomic E-state index is 14.2. The fourth-order valence-corrected chi connectivity index (χ4v) is 4.30. The van der Waals surface area contributed by atoms with Gasteiger partial charge in [-0.3, -0.25) is 0 Å². The number of halogens is 2. The van der Waals surface area contributed by atoms with Gasteiger partial charge in [-0.1, -0.05) is 29.8 Å². The Kier molecular flexibility index (Phi) is 6.43. The number of rotatable bonds is 5. The molecule has 0 aliphatic heterocycles. The lowest BCUT2D eigenvalue weighted by atomic mass is 9.67. The van der Waals surface area contributed by atoms with Crippen molar-refractivity contribution in [3.05, 3.63) is 70.0 Å². The van der Waals surface area contributed by atoms with Crippen molar-refractivity contribution in [2.75, 3.05) is 27.7 Å². The van der Waals surface area contributed by atoms with Crippen LogP contribution >= 0.6 is 11.6 Å². The van der Waals surface area contributed by atoms with E-state index < -0.39 is 5.60 Å². The smallest absolute Gasteiger partial charge is 0.125 e. The highest BCUT2D eigenvalue weighted by molar-refractivity contribution is 6.30. The Morgan fingerprint density at radius 3 is 2.61 bits per heavy atom. The van der Waals surface area contributed by atoms with E-state index in [0.29, 0.717) is 22.9 Å². The third kappa shape index (κ3) is 4.24. The minimum atomic E-state index is -1.31. The molecule has 0 bridgehead atoms. The molecule has 1 saturated carbocycles. The van der Waals surface area contributed by atoms with Crippen molar-refractivity contribution in [2.24, 2.45) is 5.92 Å². The molecule has 0 saturated heterocycles. The van der Waals surface area contributed by atoms with Crippen LogP contribution in [0.5, 0.6) is 5.75 Å². The lowest BCUT2D eigenvalue weighted by molar-refractivity contribution is -0.0192. The van der Waals surface area contributed by atoms with E-state index >= 15 is 0 Å². The lowest BCUT2D eigenvalue weighted by Crippen LogP contribution is -2.45. The molecule has 0 radical (unpaired) electrons. The number of hydrogen-bond acceptors (Lipinski definition) is 3. The zero-order chi connectivity index (χ0) is 20.3. The summed E-state index contributed by atoms with van der Waals surface area (Å²) in [5.41, 5.74) is 1.01. The zero-order valence-electron chi connectivity index (χ0n) is 16.6. The summed E-state index contributed by atoms with van der Waals surface area (Å²) in [6.07, 6.45) is 4.56. The van der Waals surface area contributed by atoms with Crippen LogP contribution in [0.1, 0.15) is 30.4 Å².